The predicted octanol–water partition coefficient (Wildman–Crippen LogP) is 1.79. The highest BCUT2D eigenvalue weighted by Crippen LogP contribution is 2.39. The Hall–Kier alpha value is -1.96. The Kier molecular flexibility index (Phi) is 3.90. The zero-order valence-electron chi connectivity index (χ0n) is 14.3. The minimum Gasteiger partial charge on any atom is -0.400 e. The summed E-state index contributed by atoms with van der Waals surface area (Å²) >= 11 is 0. The lowest BCUT2D eigenvalue weighted by Crippen LogP contribution is -2.41. The number of hydrogen-bond acceptors (Lipinski definition) is 5. The number of rotatable bonds is 3. The highest BCUT2D eigenvalue weighted by atomic mass is 16.7. The van der Waals surface area contributed by atoms with Gasteiger partial charge in [0.1, 0.15) is 0 Å². The third-order valence-electron chi connectivity index (χ3n) is 4.91. The van der Waals surface area contributed by atoms with E-state index in [4.69, 9.17) is 15.0 Å². The molecule has 1 saturated heterocycles. The van der Waals surface area contributed by atoms with E-state index in [0.29, 0.717) is 22.3 Å². The first-order valence-corrected chi connectivity index (χ1v) is 7.91. The average molecular weight is 328 g/mol. The number of nitrogens with two attached hydrogens (primary N) is 1. The van der Waals surface area contributed by atoms with Crippen molar-refractivity contribution in [3.05, 3.63) is 34.8 Å². The van der Waals surface area contributed by atoms with Crippen molar-refractivity contribution in [2.45, 2.75) is 38.9 Å². The van der Waals surface area contributed by atoms with Gasteiger partial charge in [0.25, 0.3) is 11.7 Å². The van der Waals surface area contributed by atoms with Gasteiger partial charge in [0.15, 0.2) is 0 Å². The van der Waals surface area contributed by atoms with E-state index in [1.54, 1.807) is 24.3 Å². The summed E-state index contributed by atoms with van der Waals surface area (Å²) in [5, 5.41) is 2.56. The maximum Gasteiger partial charge on any atom is 0.491 e. The molecule has 0 spiro atoms. The van der Waals surface area contributed by atoms with E-state index < -0.39 is 30.0 Å². The van der Waals surface area contributed by atoms with Crippen molar-refractivity contribution in [3.8, 4) is 0 Å². The van der Waals surface area contributed by atoms with Gasteiger partial charge in [-0.25, -0.2) is 0 Å². The molecule has 3 rings (SSSR count). The molecule has 24 heavy (non-hydrogen) atoms. The van der Waals surface area contributed by atoms with E-state index in [1.165, 1.54) is 0 Å². The molecular formula is C17H21BN2O4. The summed E-state index contributed by atoms with van der Waals surface area (Å²) in [5.74, 6) is -1.15. The van der Waals surface area contributed by atoms with Gasteiger partial charge in [-0.15, -0.1) is 0 Å². The average Bonchev–Trinajstić information content (AvgIpc) is 2.90. The Morgan fingerprint density at radius 1 is 1.21 bits per heavy atom. The summed E-state index contributed by atoms with van der Waals surface area (Å²) < 4.78 is 12.0. The second-order valence-electron chi connectivity index (χ2n) is 7.06. The van der Waals surface area contributed by atoms with Crippen LogP contribution in [0.15, 0.2) is 23.7 Å². The summed E-state index contributed by atoms with van der Waals surface area (Å²) in [7, 11) is -0.587. The van der Waals surface area contributed by atoms with Crippen molar-refractivity contribution < 1.29 is 18.9 Å². The summed E-state index contributed by atoms with van der Waals surface area (Å²) in [6.07, 6.45) is 1.78. The quantitative estimate of drug-likeness (QED) is 0.652. The normalized spacial score (nSPS) is 21.9. The number of ketones is 1. The van der Waals surface area contributed by atoms with Gasteiger partial charge >= 0.3 is 7.12 Å². The molecule has 2 aliphatic heterocycles. The molecule has 1 fully saturated rings. The van der Waals surface area contributed by atoms with E-state index in [1.807, 2.05) is 27.7 Å². The second kappa shape index (κ2) is 5.55. The molecule has 0 atom stereocenters. The molecule has 2 heterocycles. The monoisotopic (exact) mass is 328 g/mol. The van der Waals surface area contributed by atoms with Crippen molar-refractivity contribution in [1.82, 2.24) is 0 Å². The third kappa shape index (κ3) is 2.58. The number of hydrogen-bond donors (Lipinski definition) is 2. The van der Waals surface area contributed by atoms with Crippen molar-refractivity contribution >= 4 is 30.6 Å². The molecule has 1 aromatic carbocycles. The summed E-state index contributed by atoms with van der Waals surface area (Å²) in [5.41, 5.74) is 7.17. The number of nitrogens with one attached hydrogen (secondary N) is 1. The number of anilines is 1. The van der Waals surface area contributed by atoms with Gasteiger partial charge in [-0.2, -0.15) is 0 Å². The van der Waals surface area contributed by atoms with Crippen LogP contribution in [0, 0.1) is 0 Å². The van der Waals surface area contributed by atoms with Crippen molar-refractivity contribution in [2.75, 3.05) is 11.9 Å². The number of benzene rings is 1. The summed E-state index contributed by atoms with van der Waals surface area (Å²) in [6, 6.07) is 5.26. The topological polar surface area (TPSA) is 90.7 Å². The van der Waals surface area contributed by atoms with Gasteiger partial charge in [-0.05, 0) is 44.8 Å². The smallest absolute Gasteiger partial charge is 0.400 e. The standard InChI is InChI=1S/C17H21BN2O4/c1-16(2)17(3,4)24-18(23-16)11(9-19)8-10-6-5-7-12-13(10)14(21)15(22)20-12/h5-8H,9,19H2,1-4H3,(H,20,21,22). The third-order valence-corrected chi connectivity index (χ3v) is 4.91. The van der Waals surface area contributed by atoms with Crippen LogP contribution >= 0.6 is 0 Å². The van der Waals surface area contributed by atoms with Crippen LogP contribution < -0.4 is 11.1 Å². The second-order valence-corrected chi connectivity index (χ2v) is 7.06. The van der Waals surface area contributed by atoms with Crippen LogP contribution in [0.3, 0.4) is 0 Å². The van der Waals surface area contributed by atoms with Crippen LogP contribution in [-0.2, 0) is 14.1 Å². The first-order valence-electron chi connectivity index (χ1n) is 7.91. The van der Waals surface area contributed by atoms with Crippen LogP contribution in [-0.4, -0.2) is 36.6 Å². The number of Topliss-reactive ketones (excluding diaryl/α,β-unsaturated/α-hetero) is 1. The SMILES string of the molecule is CC1(C)OB(C(=Cc2cccc3c2C(=O)C(=O)N3)CN)OC1(C)C. The zero-order chi connectivity index (χ0) is 17.7. The van der Waals surface area contributed by atoms with Gasteiger partial charge in [0, 0.05) is 6.54 Å². The zero-order valence-corrected chi connectivity index (χ0v) is 14.3. The number of fused-ring (bicyclic) bond motifs is 1. The fourth-order valence-electron chi connectivity index (χ4n) is 2.76. The Bertz CT molecular complexity index is 739. The molecule has 0 saturated carbocycles. The van der Waals surface area contributed by atoms with Gasteiger partial charge in [0.2, 0.25) is 0 Å². The van der Waals surface area contributed by atoms with Crippen molar-refractivity contribution in [2.24, 2.45) is 5.73 Å². The highest BCUT2D eigenvalue weighted by Gasteiger charge is 2.52. The molecule has 1 amide bonds. The van der Waals surface area contributed by atoms with Crippen LogP contribution in [0.2, 0.25) is 0 Å². The molecule has 0 aromatic heterocycles. The van der Waals surface area contributed by atoms with Gasteiger partial charge in [0.05, 0.1) is 22.5 Å². The molecule has 3 N–H and O–H groups in total. The highest BCUT2D eigenvalue weighted by molar-refractivity contribution is 6.56. The molecule has 7 heteroatoms. The van der Waals surface area contributed by atoms with Crippen molar-refractivity contribution in [1.29, 1.82) is 0 Å². The Morgan fingerprint density at radius 2 is 1.83 bits per heavy atom. The molecule has 2 aliphatic rings. The fraction of sp³-hybridized carbons (Fsp3) is 0.412. The van der Waals surface area contributed by atoms with Crippen molar-refractivity contribution in [3.63, 3.8) is 0 Å². The maximum atomic E-state index is 12.1. The summed E-state index contributed by atoms with van der Waals surface area (Å²) in [4.78, 5) is 23.7. The largest absolute Gasteiger partial charge is 0.491 e. The maximum absolute atomic E-state index is 12.1. The van der Waals surface area contributed by atoms with Crippen LogP contribution in [0.4, 0.5) is 5.69 Å². The molecule has 1 aromatic rings. The van der Waals surface area contributed by atoms with Gasteiger partial charge in [-0.3, -0.25) is 9.59 Å². The predicted molar refractivity (Wildman–Crippen MR) is 92.5 cm³/mol. The lowest BCUT2D eigenvalue weighted by molar-refractivity contribution is -0.112. The van der Waals surface area contributed by atoms with Crippen LogP contribution in [0.25, 0.3) is 6.08 Å². The van der Waals surface area contributed by atoms with Crippen LogP contribution in [0.5, 0.6) is 0 Å². The van der Waals surface area contributed by atoms with E-state index in [-0.39, 0.29) is 6.54 Å². The molecule has 0 aliphatic carbocycles. The van der Waals surface area contributed by atoms with E-state index in [9.17, 15) is 9.59 Å². The van der Waals surface area contributed by atoms with Gasteiger partial charge < -0.3 is 20.4 Å². The van der Waals surface area contributed by atoms with Gasteiger partial charge in [-0.1, -0.05) is 18.2 Å². The lowest BCUT2D eigenvalue weighted by Gasteiger charge is -2.32. The Morgan fingerprint density at radius 3 is 2.42 bits per heavy atom. The molecule has 0 unspecified atom stereocenters. The minimum absolute atomic E-state index is 0.218. The lowest BCUT2D eigenvalue weighted by atomic mass is 9.76. The summed E-state index contributed by atoms with van der Waals surface area (Å²) in [6.45, 7) is 8.08. The first-order chi connectivity index (χ1) is 11.2. The number of amides is 1. The fourth-order valence-corrected chi connectivity index (χ4v) is 2.76. The number of carbonyl (C=O) groups is 2. The van der Waals surface area contributed by atoms with E-state index in [0.717, 1.165) is 0 Å². The first kappa shape index (κ1) is 16.9. The Labute approximate surface area is 141 Å². The van der Waals surface area contributed by atoms with Crippen LogP contribution in [0.1, 0.15) is 43.6 Å². The molecule has 6 nitrogen and oxygen atoms in total. The Balaban J connectivity index is 1.99. The molecule has 126 valence electrons. The van der Waals surface area contributed by atoms with E-state index in [2.05, 4.69) is 5.32 Å². The molecule has 0 bridgehead atoms. The molecular weight excluding hydrogens is 307 g/mol. The van der Waals surface area contributed by atoms with E-state index >= 15 is 0 Å². The minimum atomic E-state index is -0.615. The number of carbonyl (C=O) groups excluding carboxylic acids is 2. The molecule has 0 radical (unpaired) electrons.